The van der Waals surface area contributed by atoms with Crippen molar-refractivity contribution in [3.8, 4) is 5.75 Å². The molecule has 1 atom stereocenters. The number of methoxy groups -OCH3 is 1. The average Bonchev–Trinajstić information content (AvgIpc) is 2.62. The molecule has 1 aliphatic heterocycles. The van der Waals surface area contributed by atoms with Gasteiger partial charge in [0.2, 0.25) is 10.0 Å². The molecule has 0 radical (unpaired) electrons. The van der Waals surface area contributed by atoms with Gasteiger partial charge in [0, 0.05) is 13.1 Å². The first kappa shape index (κ1) is 17.0. The lowest BCUT2D eigenvalue weighted by molar-refractivity contribution is -0.00259. The van der Waals surface area contributed by atoms with E-state index in [1.165, 1.54) is 11.4 Å². The molecular weight excluding hydrogens is 326 g/mol. The number of morpholine rings is 1. The highest BCUT2D eigenvalue weighted by molar-refractivity contribution is 7.89. The van der Waals surface area contributed by atoms with Crippen molar-refractivity contribution < 1.29 is 17.9 Å². The van der Waals surface area contributed by atoms with Crippen molar-refractivity contribution in [3.05, 3.63) is 59.7 Å². The van der Waals surface area contributed by atoms with E-state index in [0.717, 1.165) is 11.1 Å². The minimum atomic E-state index is -3.64. The van der Waals surface area contributed by atoms with Crippen LogP contribution in [-0.2, 0) is 14.8 Å². The SMILES string of the molecule is COc1ccc(C)cc1S(=O)(=O)N1CCO[C@H](c2ccccc2)C1. The number of benzene rings is 2. The van der Waals surface area contributed by atoms with E-state index in [9.17, 15) is 8.42 Å². The second-order valence-electron chi connectivity index (χ2n) is 5.79. The van der Waals surface area contributed by atoms with Crippen LogP contribution in [0.5, 0.6) is 5.75 Å². The first-order valence-electron chi connectivity index (χ1n) is 7.83. The monoisotopic (exact) mass is 347 g/mol. The van der Waals surface area contributed by atoms with Crippen molar-refractivity contribution in [3.63, 3.8) is 0 Å². The number of aryl methyl sites for hydroxylation is 1. The molecule has 0 aromatic heterocycles. The second kappa shape index (κ2) is 6.93. The van der Waals surface area contributed by atoms with Crippen molar-refractivity contribution in [1.82, 2.24) is 4.31 Å². The topological polar surface area (TPSA) is 55.8 Å². The van der Waals surface area contributed by atoms with Crippen molar-refractivity contribution in [2.75, 3.05) is 26.8 Å². The summed E-state index contributed by atoms with van der Waals surface area (Å²) in [6.07, 6.45) is -0.259. The molecule has 128 valence electrons. The van der Waals surface area contributed by atoms with Gasteiger partial charge in [-0.25, -0.2) is 8.42 Å². The quantitative estimate of drug-likeness (QED) is 0.853. The van der Waals surface area contributed by atoms with Gasteiger partial charge in [0.15, 0.2) is 0 Å². The highest BCUT2D eigenvalue weighted by atomic mass is 32.2. The molecule has 5 nitrogen and oxygen atoms in total. The number of hydrogen-bond acceptors (Lipinski definition) is 4. The van der Waals surface area contributed by atoms with Crippen LogP contribution < -0.4 is 4.74 Å². The lowest BCUT2D eigenvalue weighted by atomic mass is 10.1. The van der Waals surface area contributed by atoms with E-state index in [1.54, 1.807) is 12.1 Å². The number of ether oxygens (including phenoxy) is 2. The van der Waals surface area contributed by atoms with Gasteiger partial charge >= 0.3 is 0 Å². The summed E-state index contributed by atoms with van der Waals surface area (Å²) in [6, 6.07) is 14.9. The van der Waals surface area contributed by atoms with Gasteiger partial charge in [-0.15, -0.1) is 0 Å². The fourth-order valence-corrected chi connectivity index (χ4v) is 4.50. The third-order valence-corrected chi connectivity index (χ3v) is 6.02. The molecular formula is C18H21NO4S. The Bertz CT molecular complexity index is 805. The van der Waals surface area contributed by atoms with Crippen LogP contribution in [0.25, 0.3) is 0 Å². The van der Waals surface area contributed by atoms with Gasteiger partial charge in [-0.05, 0) is 30.2 Å². The third kappa shape index (κ3) is 3.31. The number of hydrogen-bond donors (Lipinski definition) is 0. The van der Waals surface area contributed by atoms with E-state index in [0.29, 0.717) is 25.4 Å². The molecule has 0 amide bonds. The maximum Gasteiger partial charge on any atom is 0.246 e. The summed E-state index contributed by atoms with van der Waals surface area (Å²) in [4.78, 5) is 0.207. The van der Waals surface area contributed by atoms with Gasteiger partial charge in [-0.1, -0.05) is 36.4 Å². The smallest absolute Gasteiger partial charge is 0.246 e. The normalized spacial score (nSPS) is 19.2. The molecule has 3 rings (SSSR count). The lowest BCUT2D eigenvalue weighted by Gasteiger charge is -2.32. The van der Waals surface area contributed by atoms with E-state index in [4.69, 9.17) is 9.47 Å². The molecule has 0 aliphatic carbocycles. The van der Waals surface area contributed by atoms with Crippen molar-refractivity contribution in [2.24, 2.45) is 0 Å². The summed E-state index contributed by atoms with van der Waals surface area (Å²) in [5, 5.41) is 0. The maximum absolute atomic E-state index is 13.1. The van der Waals surface area contributed by atoms with Crippen LogP contribution in [0.1, 0.15) is 17.2 Å². The molecule has 2 aromatic carbocycles. The molecule has 0 bridgehead atoms. The van der Waals surface area contributed by atoms with E-state index in [2.05, 4.69) is 0 Å². The Hall–Kier alpha value is -1.89. The standard InChI is InChI=1S/C18H21NO4S/c1-14-8-9-16(22-2)18(12-14)24(20,21)19-10-11-23-17(13-19)15-6-4-3-5-7-15/h3-9,12,17H,10-11,13H2,1-2H3/t17-/m0/s1. The Morgan fingerprint density at radius 3 is 2.62 bits per heavy atom. The highest BCUT2D eigenvalue weighted by Gasteiger charge is 2.33. The van der Waals surface area contributed by atoms with Crippen molar-refractivity contribution in [1.29, 1.82) is 0 Å². The summed E-state index contributed by atoms with van der Waals surface area (Å²) in [6.45, 7) is 2.86. The van der Waals surface area contributed by atoms with E-state index in [-0.39, 0.29) is 11.0 Å². The maximum atomic E-state index is 13.1. The minimum absolute atomic E-state index is 0.207. The molecule has 0 N–H and O–H groups in total. The Kier molecular flexibility index (Phi) is 4.89. The Balaban J connectivity index is 1.91. The summed E-state index contributed by atoms with van der Waals surface area (Å²) < 4.78 is 38.7. The van der Waals surface area contributed by atoms with Gasteiger partial charge in [-0.3, -0.25) is 0 Å². The predicted octanol–water partition coefficient (Wildman–Crippen LogP) is 2.77. The number of sulfonamides is 1. The molecule has 1 heterocycles. The largest absolute Gasteiger partial charge is 0.495 e. The molecule has 0 saturated carbocycles. The molecule has 1 saturated heterocycles. The van der Waals surface area contributed by atoms with E-state index in [1.807, 2.05) is 43.3 Å². The lowest BCUT2D eigenvalue weighted by Crippen LogP contribution is -2.42. The van der Waals surface area contributed by atoms with Crippen LogP contribution in [0, 0.1) is 6.92 Å². The first-order chi connectivity index (χ1) is 11.5. The molecule has 0 unspecified atom stereocenters. The van der Waals surface area contributed by atoms with Crippen LogP contribution >= 0.6 is 0 Å². The van der Waals surface area contributed by atoms with E-state index >= 15 is 0 Å². The Morgan fingerprint density at radius 2 is 1.92 bits per heavy atom. The second-order valence-corrected chi connectivity index (χ2v) is 7.69. The number of rotatable bonds is 4. The molecule has 1 fully saturated rings. The fraction of sp³-hybridized carbons (Fsp3) is 0.333. The third-order valence-electron chi connectivity index (χ3n) is 4.14. The molecule has 6 heteroatoms. The summed E-state index contributed by atoms with van der Waals surface area (Å²) in [5.74, 6) is 0.364. The first-order valence-corrected chi connectivity index (χ1v) is 9.27. The molecule has 1 aliphatic rings. The Labute approximate surface area is 142 Å². The van der Waals surface area contributed by atoms with Gasteiger partial charge in [0.25, 0.3) is 0 Å². The summed E-state index contributed by atoms with van der Waals surface area (Å²) in [7, 11) is -2.16. The van der Waals surface area contributed by atoms with Gasteiger partial charge in [-0.2, -0.15) is 4.31 Å². The Morgan fingerprint density at radius 1 is 1.17 bits per heavy atom. The van der Waals surface area contributed by atoms with Crippen molar-refractivity contribution >= 4 is 10.0 Å². The fourth-order valence-electron chi connectivity index (χ4n) is 2.84. The van der Waals surface area contributed by atoms with E-state index < -0.39 is 10.0 Å². The van der Waals surface area contributed by atoms with Crippen LogP contribution in [0.2, 0.25) is 0 Å². The molecule has 2 aromatic rings. The zero-order chi connectivity index (χ0) is 17.2. The van der Waals surface area contributed by atoms with Crippen molar-refractivity contribution in [2.45, 2.75) is 17.9 Å². The summed E-state index contributed by atoms with van der Waals surface area (Å²) in [5.41, 5.74) is 1.86. The zero-order valence-electron chi connectivity index (χ0n) is 13.8. The zero-order valence-corrected chi connectivity index (χ0v) is 14.6. The minimum Gasteiger partial charge on any atom is -0.495 e. The van der Waals surface area contributed by atoms with Gasteiger partial charge in [0.1, 0.15) is 10.6 Å². The predicted molar refractivity (Wildman–Crippen MR) is 91.6 cm³/mol. The van der Waals surface area contributed by atoms with Crippen LogP contribution in [0.3, 0.4) is 0 Å². The van der Waals surface area contributed by atoms with Gasteiger partial charge < -0.3 is 9.47 Å². The molecule has 0 spiro atoms. The van der Waals surface area contributed by atoms with Crippen LogP contribution in [0.15, 0.2) is 53.4 Å². The van der Waals surface area contributed by atoms with Crippen LogP contribution in [0.4, 0.5) is 0 Å². The molecule has 24 heavy (non-hydrogen) atoms. The van der Waals surface area contributed by atoms with Gasteiger partial charge in [0.05, 0.1) is 19.8 Å². The number of nitrogens with zero attached hydrogens (tertiary/aromatic N) is 1. The highest BCUT2D eigenvalue weighted by Crippen LogP contribution is 2.31. The summed E-state index contributed by atoms with van der Waals surface area (Å²) >= 11 is 0. The van der Waals surface area contributed by atoms with Crippen LogP contribution in [-0.4, -0.2) is 39.5 Å². The average molecular weight is 347 g/mol.